The molecule has 2 aliphatic heterocycles. The number of hydrogen-bond acceptors (Lipinski definition) is 6. The molecular weight excluding hydrogens is 390 g/mol. The van der Waals surface area contributed by atoms with E-state index >= 15 is 0 Å². The van der Waals surface area contributed by atoms with Crippen molar-refractivity contribution in [2.24, 2.45) is 5.92 Å². The first kappa shape index (κ1) is 21.6. The third-order valence-corrected chi connectivity index (χ3v) is 6.44. The summed E-state index contributed by atoms with van der Waals surface area (Å²) in [5, 5.41) is 3.22. The van der Waals surface area contributed by atoms with Crippen LogP contribution in [0.25, 0.3) is 0 Å². The Morgan fingerprint density at radius 1 is 1.13 bits per heavy atom. The lowest BCUT2D eigenvalue weighted by molar-refractivity contribution is -0.126. The first-order valence-corrected chi connectivity index (χ1v) is 11.4. The molecule has 1 amide bonds. The van der Waals surface area contributed by atoms with Crippen LogP contribution in [0.1, 0.15) is 43.9 Å². The summed E-state index contributed by atoms with van der Waals surface area (Å²) in [6.07, 6.45) is 6.22. The van der Waals surface area contributed by atoms with Crippen molar-refractivity contribution < 1.29 is 9.53 Å². The van der Waals surface area contributed by atoms with E-state index in [1.54, 1.807) is 6.33 Å². The van der Waals surface area contributed by atoms with Gasteiger partial charge in [-0.1, -0.05) is 31.2 Å². The van der Waals surface area contributed by atoms with Crippen molar-refractivity contribution in [3.8, 4) is 0 Å². The highest BCUT2D eigenvalue weighted by Crippen LogP contribution is 2.30. The molecule has 7 nitrogen and oxygen atoms in total. The second-order valence-corrected chi connectivity index (χ2v) is 8.42. The Balaban J connectivity index is 1.34. The fraction of sp³-hybridized carbons (Fsp3) is 0.542. The monoisotopic (exact) mass is 423 g/mol. The van der Waals surface area contributed by atoms with E-state index in [-0.39, 0.29) is 17.9 Å². The minimum absolute atomic E-state index is 0.0203. The number of carbonyl (C=O) groups excluding carboxylic acids is 1. The van der Waals surface area contributed by atoms with Crippen LogP contribution in [0.3, 0.4) is 0 Å². The third-order valence-electron chi connectivity index (χ3n) is 6.44. The number of aromatic nitrogens is 2. The Morgan fingerprint density at radius 3 is 2.52 bits per heavy atom. The molecule has 0 saturated carbocycles. The molecule has 3 heterocycles. The molecule has 0 spiro atoms. The molecule has 2 aromatic rings. The number of rotatable bonds is 6. The lowest BCUT2D eigenvalue weighted by atomic mass is 9.94. The second kappa shape index (κ2) is 10.1. The molecule has 2 saturated heterocycles. The van der Waals surface area contributed by atoms with Crippen LogP contribution in [0.4, 0.5) is 11.5 Å². The van der Waals surface area contributed by atoms with Crippen LogP contribution in [-0.2, 0) is 16.0 Å². The van der Waals surface area contributed by atoms with Gasteiger partial charge < -0.3 is 19.9 Å². The first-order valence-electron chi connectivity index (χ1n) is 11.4. The number of piperidine rings is 1. The fourth-order valence-corrected chi connectivity index (χ4v) is 4.40. The highest BCUT2D eigenvalue weighted by molar-refractivity contribution is 5.79. The molecule has 4 rings (SSSR count). The summed E-state index contributed by atoms with van der Waals surface area (Å²) in [4.78, 5) is 26.3. The van der Waals surface area contributed by atoms with Gasteiger partial charge >= 0.3 is 0 Å². The van der Waals surface area contributed by atoms with Crippen molar-refractivity contribution in [1.29, 1.82) is 0 Å². The number of morpholine rings is 1. The van der Waals surface area contributed by atoms with Crippen molar-refractivity contribution in [3.05, 3.63) is 47.9 Å². The van der Waals surface area contributed by atoms with E-state index in [0.717, 1.165) is 75.7 Å². The van der Waals surface area contributed by atoms with Crippen LogP contribution in [0, 0.1) is 5.92 Å². The molecule has 0 aliphatic carbocycles. The number of hydrogen-bond donors (Lipinski definition) is 1. The van der Waals surface area contributed by atoms with E-state index in [9.17, 15) is 4.79 Å². The average Bonchev–Trinajstić information content (AvgIpc) is 2.84. The topological polar surface area (TPSA) is 70.6 Å². The van der Waals surface area contributed by atoms with Crippen molar-refractivity contribution in [2.75, 3.05) is 49.2 Å². The molecule has 1 atom stereocenters. The zero-order valence-corrected chi connectivity index (χ0v) is 18.6. The van der Waals surface area contributed by atoms with Gasteiger partial charge in [0.15, 0.2) is 5.82 Å². The zero-order chi connectivity index (χ0) is 21.6. The number of carbonyl (C=O) groups is 1. The van der Waals surface area contributed by atoms with Crippen LogP contribution in [0.15, 0.2) is 36.8 Å². The summed E-state index contributed by atoms with van der Waals surface area (Å²) in [6, 6.07) is 8.55. The summed E-state index contributed by atoms with van der Waals surface area (Å²) in [7, 11) is 0. The van der Waals surface area contributed by atoms with Crippen LogP contribution in [0.5, 0.6) is 0 Å². The quantitative estimate of drug-likeness (QED) is 0.770. The summed E-state index contributed by atoms with van der Waals surface area (Å²) < 4.78 is 5.48. The molecule has 0 bridgehead atoms. The van der Waals surface area contributed by atoms with Gasteiger partial charge in [-0.2, -0.15) is 0 Å². The Hall–Kier alpha value is -2.67. The van der Waals surface area contributed by atoms with Crippen molar-refractivity contribution in [2.45, 2.75) is 39.2 Å². The Kier molecular flexibility index (Phi) is 7.02. The number of nitrogens with one attached hydrogen (secondary N) is 1. The molecule has 31 heavy (non-hydrogen) atoms. The van der Waals surface area contributed by atoms with Crippen molar-refractivity contribution in [1.82, 2.24) is 15.3 Å². The number of benzene rings is 1. The lowest BCUT2D eigenvalue weighted by Gasteiger charge is -2.36. The SMILES string of the molecule is CCc1ccc([C@@H](C)NC(=O)C2CCN(c3cncnc3N3CCOCC3)CC2)cc1. The zero-order valence-electron chi connectivity index (χ0n) is 18.6. The average molecular weight is 424 g/mol. The third kappa shape index (κ3) is 5.15. The molecule has 7 heteroatoms. The van der Waals surface area contributed by atoms with Gasteiger partial charge in [-0.3, -0.25) is 4.79 Å². The number of amides is 1. The molecule has 1 aromatic carbocycles. The highest BCUT2D eigenvalue weighted by Gasteiger charge is 2.28. The first-order chi connectivity index (χ1) is 15.2. The van der Waals surface area contributed by atoms with Gasteiger partial charge in [0.2, 0.25) is 5.91 Å². The normalized spacial score (nSPS) is 18.6. The van der Waals surface area contributed by atoms with Gasteiger partial charge in [0.1, 0.15) is 6.33 Å². The molecule has 2 fully saturated rings. The van der Waals surface area contributed by atoms with E-state index in [0.29, 0.717) is 0 Å². The molecule has 1 aromatic heterocycles. The lowest BCUT2D eigenvalue weighted by Crippen LogP contribution is -2.43. The smallest absolute Gasteiger partial charge is 0.223 e. The van der Waals surface area contributed by atoms with Crippen molar-refractivity contribution in [3.63, 3.8) is 0 Å². The Labute approximate surface area is 184 Å². The van der Waals surface area contributed by atoms with Gasteiger partial charge in [0.05, 0.1) is 31.1 Å². The van der Waals surface area contributed by atoms with Gasteiger partial charge in [-0.05, 0) is 37.3 Å². The summed E-state index contributed by atoms with van der Waals surface area (Å²) in [5.74, 6) is 1.18. The predicted molar refractivity (Wildman–Crippen MR) is 122 cm³/mol. The largest absolute Gasteiger partial charge is 0.378 e. The summed E-state index contributed by atoms with van der Waals surface area (Å²) in [5.41, 5.74) is 3.53. The second-order valence-electron chi connectivity index (χ2n) is 8.42. The maximum atomic E-state index is 12.9. The van der Waals surface area contributed by atoms with Gasteiger partial charge in [-0.15, -0.1) is 0 Å². The summed E-state index contributed by atoms with van der Waals surface area (Å²) in [6.45, 7) is 9.03. The van der Waals surface area contributed by atoms with Gasteiger partial charge in [-0.25, -0.2) is 9.97 Å². The molecule has 0 unspecified atom stereocenters. The Morgan fingerprint density at radius 2 is 1.84 bits per heavy atom. The minimum atomic E-state index is 0.0203. The predicted octanol–water partition coefficient (Wildman–Crippen LogP) is 2.97. The van der Waals surface area contributed by atoms with Gasteiger partial charge in [0.25, 0.3) is 0 Å². The number of aryl methyl sites for hydroxylation is 1. The molecule has 1 N–H and O–H groups in total. The van der Waals surface area contributed by atoms with E-state index in [1.165, 1.54) is 5.56 Å². The molecular formula is C24H33N5O2. The highest BCUT2D eigenvalue weighted by atomic mass is 16.5. The Bertz CT molecular complexity index is 859. The molecule has 166 valence electrons. The summed E-state index contributed by atoms with van der Waals surface area (Å²) >= 11 is 0. The molecule has 0 radical (unpaired) electrons. The number of ether oxygens (including phenoxy) is 1. The maximum absolute atomic E-state index is 12.9. The van der Waals surface area contributed by atoms with E-state index < -0.39 is 0 Å². The number of nitrogens with zero attached hydrogens (tertiary/aromatic N) is 4. The standard InChI is InChI=1S/C24H33N5O2/c1-3-19-4-6-20(7-5-19)18(2)27-24(30)21-8-10-28(11-9-21)22-16-25-17-26-23(22)29-12-14-31-15-13-29/h4-7,16-18,21H,3,8-15H2,1-2H3,(H,27,30)/t18-/m1/s1. The maximum Gasteiger partial charge on any atom is 0.223 e. The van der Waals surface area contributed by atoms with Crippen LogP contribution >= 0.6 is 0 Å². The fourth-order valence-electron chi connectivity index (χ4n) is 4.40. The van der Waals surface area contributed by atoms with Crippen molar-refractivity contribution >= 4 is 17.4 Å². The van der Waals surface area contributed by atoms with Crippen LogP contribution in [0.2, 0.25) is 0 Å². The van der Waals surface area contributed by atoms with E-state index in [1.807, 2.05) is 6.20 Å². The van der Waals surface area contributed by atoms with E-state index in [2.05, 4.69) is 63.2 Å². The van der Waals surface area contributed by atoms with Crippen LogP contribution < -0.4 is 15.1 Å². The minimum Gasteiger partial charge on any atom is -0.378 e. The van der Waals surface area contributed by atoms with Gasteiger partial charge in [0, 0.05) is 32.1 Å². The number of anilines is 2. The molecule has 2 aliphatic rings. The van der Waals surface area contributed by atoms with E-state index in [4.69, 9.17) is 4.74 Å². The van der Waals surface area contributed by atoms with Crippen LogP contribution in [-0.4, -0.2) is 55.3 Å².